The van der Waals surface area contributed by atoms with Gasteiger partial charge in [-0.1, -0.05) is 6.92 Å². The third-order valence-electron chi connectivity index (χ3n) is 5.58. The summed E-state index contributed by atoms with van der Waals surface area (Å²) < 4.78 is 7.18. The molecule has 8 heteroatoms. The number of carbonyl (C=O) groups is 2. The van der Waals surface area contributed by atoms with Crippen molar-refractivity contribution >= 4 is 17.9 Å². The van der Waals surface area contributed by atoms with Crippen molar-refractivity contribution in [3.05, 3.63) is 28.6 Å². The molecule has 0 saturated carbocycles. The Balaban J connectivity index is 1.92. The Labute approximate surface area is 185 Å². The number of piperazine rings is 1. The van der Waals surface area contributed by atoms with Crippen molar-refractivity contribution in [2.75, 3.05) is 53.0 Å². The molecule has 2 amide bonds. The summed E-state index contributed by atoms with van der Waals surface area (Å²) in [5.41, 5.74) is 3.27. The van der Waals surface area contributed by atoms with Gasteiger partial charge in [-0.2, -0.15) is 5.26 Å². The van der Waals surface area contributed by atoms with E-state index in [2.05, 4.69) is 22.9 Å². The van der Waals surface area contributed by atoms with Crippen molar-refractivity contribution in [2.24, 2.45) is 0 Å². The van der Waals surface area contributed by atoms with Crippen LogP contribution in [0, 0.1) is 25.2 Å². The first-order valence-corrected chi connectivity index (χ1v) is 11.0. The fourth-order valence-electron chi connectivity index (χ4n) is 3.82. The average molecular weight is 430 g/mol. The van der Waals surface area contributed by atoms with E-state index in [9.17, 15) is 14.9 Å². The quantitative estimate of drug-likeness (QED) is 0.347. The van der Waals surface area contributed by atoms with E-state index in [1.54, 1.807) is 18.1 Å². The first-order valence-electron chi connectivity index (χ1n) is 11.0. The number of hydrogen-bond donors (Lipinski definition) is 1. The molecule has 1 aliphatic heterocycles. The van der Waals surface area contributed by atoms with Gasteiger partial charge in [-0.3, -0.25) is 14.5 Å². The number of nitrogens with one attached hydrogen (secondary N) is 1. The maximum atomic E-state index is 12.9. The molecule has 0 unspecified atom stereocenters. The van der Waals surface area contributed by atoms with Gasteiger partial charge >= 0.3 is 0 Å². The van der Waals surface area contributed by atoms with E-state index in [-0.39, 0.29) is 17.4 Å². The van der Waals surface area contributed by atoms with Crippen molar-refractivity contribution in [1.29, 1.82) is 5.26 Å². The molecule has 0 atom stereocenters. The monoisotopic (exact) mass is 429 g/mol. The highest BCUT2D eigenvalue weighted by Crippen LogP contribution is 2.19. The van der Waals surface area contributed by atoms with Crippen molar-refractivity contribution in [3.8, 4) is 6.07 Å². The Bertz CT molecular complexity index is 829. The van der Waals surface area contributed by atoms with Crippen LogP contribution in [0.15, 0.2) is 11.6 Å². The summed E-state index contributed by atoms with van der Waals surface area (Å²) in [5.74, 6) is -0.262. The van der Waals surface area contributed by atoms with Crippen LogP contribution < -0.4 is 5.32 Å². The van der Waals surface area contributed by atoms with E-state index >= 15 is 0 Å². The molecule has 1 N–H and O–H groups in total. The SMILES string of the molecule is CCCn1c(C)cc(/C=C(/C#N)C(=O)N2CCN(CC(=O)NCCCOC)CC2)c1C. The zero-order valence-corrected chi connectivity index (χ0v) is 19.2. The maximum Gasteiger partial charge on any atom is 0.264 e. The summed E-state index contributed by atoms with van der Waals surface area (Å²) in [5, 5.41) is 12.5. The zero-order chi connectivity index (χ0) is 22.8. The van der Waals surface area contributed by atoms with Crippen LogP contribution in [0.1, 0.15) is 36.7 Å². The molecule has 1 fully saturated rings. The number of amides is 2. The number of aromatic nitrogens is 1. The molecule has 1 aromatic rings. The molecule has 2 rings (SSSR count). The van der Waals surface area contributed by atoms with Gasteiger partial charge in [0, 0.05) is 64.4 Å². The predicted octanol–water partition coefficient (Wildman–Crippen LogP) is 1.72. The standard InChI is InChI=1S/C23H35N5O3/c1-5-8-28-18(2)14-20(19(28)3)15-21(16-24)23(30)27-11-9-26(10-12-27)17-22(29)25-7-6-13-31-4/h14-15H,5-13,17H2,1-4H3,(H,25,29)/b21-15-. The summed E-state index contributed by atoms with van der Waals surface area (Å²) in [6, 6.07) is 4.11. The second-order valence-electron chi connectivity index (χ2n) is 7.91. The minimum absolute atomic E-state index is 0.0177. The molecule has 170 valence electrons. The minimum Gasteiger partial charge on any atom is -0.385 e. The fourth-order valence-corrected chi connectivity index (χ4v) is 3.82. The lowest BCUT2D eigenvalue weighted by Gasteiger charge is -2.34. The highest BCUT2D eigenvalue weighted by molar-refractivity contribution is 6.01. The smallest absolute Gasteiger partial charge is 0.264 e. The molecule has 1 aliphatic rings. The second kappa shape index (κ2) is 12.3. The van der Waals surface area contributed by atoms with Gasteiger partial charge in [0.05, 0.1) is 6.54 Å². The highest BCUT2D eigenvalue weighted by Gasteiger charge is 2.25. The normalized spacial score (nSPS) is 15.1. The Morgan fingerprint density at radius 1 is 1.26 bits per heavy atom. The van der Waals surface area contributed by atoms with Crippen LogP contribution in [0.5, 0.6) is 0 Å². The van der Waals surface area contributed by atoms with Crippen molar-refractivity contribution in [2.45, 2.75) is 40.2 Å². The fraction of sp³-hybridized carbons (Fsp3) is 0.609. The van der Waals surface area contributed by atoms with Crippen LogP contribution in [0.3, 0.4) is 0 Å². The van der Waals surface area contributed by atoms with E-state index in [1.807, 2.05) is 24.8 Å². The zero-order valence-electron chi connectivity index (χ0n) is 19.2. The third kappa shape index (κ3) is 6.94. The Kier molecular flexibility index (Phi) is 9.76. The molecule has 0 spiro atoms. The molecule has 8 nitrogen and oxygen atoms in total. The number of methoxy groups -OCH3 is 1. The largest absolute Gasteiger partial charge is 0.385 e. The van der Waals surface area contributed by atoms with Crippen LogP contribution in [-0.2, 0) is 20.9 Å². The molecule has 1 saturated heterocycles. The third-order valence-corrected chi connectivity index (χ3v) is 5.58. The number of nitrogens with zero attached hydrogens (tertiary/aromatic N) is 4. The average Bonchev–Trinajstić information content (AvgIpc) is 3.03. The predicted molar refractivity (Wildman–Crippen MR) is 120 cm³/mol. The lowest BCUT2D eigenvalue weighted by atomic mass is 10.1. The molecular weight excluding hydrogens is 394 g/mol. The summed E-state index contributed by atoms with van der Waals surface area (Å²) in [7, 11) is 1.64. The number of ether oxygens (including phenoxy) is 1. The Morgan fingerprint density at radius 2 is 1.97 bits per heavy atom. The first-order chi connectivity index (χ1) is 14.9. The molecule has 0 radical (unpaired) electrons. The van der Waals surface area contributed by atoms with Gasteiger partial charge in [0.1, 0.15) is 11.6 Å². The molecule has 31 heavy (non-hydrogen) atoms. The van der Waals surface area contributed by atoms with Gasteiger partial charge in [-0.25, -0.2) is 0 Å². The van der Waals surface area contributed by atoms with Gasteiger partial charge in [0.15, 0.2) is 0 Å². The van der Waals surface area contributed by atoms with Crippen molar-refractivity contribution < 1.29 is 14.3 Å². The van der Waals surface area contributed by atoms with Crippen molar-refractivity contribution in [1.82, 2.24) is 19.7 Å². The van der Waals surface area contributed by atoms with Crippen LogP contribution in [-0.4, -0.2) is 79.2 Å². The summed E-state index contributed by atoms with van der Waals surface area (Å²) >= 11 is 0. The molecule has 1 aromatic heterocycles. The lowest BCUT2D eigenvalue weighted by molar-refractivity contribution is -0.129. The number of aryl methyl sites for hydroxylation is 1. The minimum atomic E-state index is -0.244. The van der Waals surface area contributed by atoms with Crippen LogP contribution >= 0.6 is 0 Å². The van der Waals surface area contributed by atoms with E-state index in [4.69, 9.17) is 4.74 Å². The van der Waals surface area contributed by atoms with Gasteiger partial charge in [-0.05, 0) is 44.4 Å². The van der Waals surface area contributed by atoms with Crippen molar-refractivity contribution in [3.63, 3.8) is 0 Å². The Morgan fingerprint density at radius 3 is 2.58 bits per heavy atom. The number of hydrogen-bond acceptors (Lipinski definition) is 5. The first kappa shape index (κ1) is 24.6. The van der Waals surface area contributed by atoms with E-state index < -0.39 is 0 Å². The summed E-state index contributed by atoms with van der Waals surface area (Å²) in [6.45, 7) is 10.9. The highest BCUT2D eigenvalue weighted by atomic mass is 16.5. The molecule has 0 aliphatic carbocycles. The number of nitriles is 1. The van der Waals surface area contributed by atoms with E-state index in [0.29, 0.717) is 45.9 Å². The summed E-state index contributed by atoms with van der Waals surface area (Å²) in [4.78, 5) is 28.7. The van der Waals surface area contributed by atoms with Crippen LogP contribution in [0.4, 0.5) is 0 Å². The van der Waals surface area contributed by atoms with Gasteiger partial charge in [0.2, 0.25) is 5.91 Å². The number of carbonyl (C=O) groups excluding carboxylic acids is 2. The van der Waals surface area contributed by atoms with Crippen LogP contribution in [0.2, 0.25) is 0 Å². The molecule has 2 heterocycles. The molecule has 0 bridgehead atoms. The van der Waals surface area contributed by atoms with Gasteiger partial charge in [-0.15, -0.1) is 0 Å². The topological polar surface area (TPSA) is 90.6 Å². The lowest BCUT2D eigenvalue weighted by Crippen LogP contribution is -2.51. The number of rotatable bonds is 10. The van der Waals surface area contributed by atoms with Gasteiger partial charge in [0.25, 0.3) is 5.91 Å². The summed E-state index contributed by atoms with van der Waals surface area (Å²) in [6.07, 6.45) is 3.52. The Hall–Kier alpha value is -2.63. The molecular formula is C23H35N5O3. The van der Waals surface area contributed by atoms with Crippen LogP contribution in [0.25, 0.3) is 6.08 Å². The maximum absolute atomic E-state index is 12.9. The second-order valence-corrected chi connectivity index (χ2v) is 7.91. The van der Waals surface area contributed by atoms with E-state index in [1.165, 1.54) is 0 Å². The molecule has 0 aromatic carbocycles. The van der Waals surface area contributed by atoms with Gasteiger partial charge < -0.3 is 19.5 Å². The van der Waals surface area contributed by atoms with E-state index in [0.717, 1.165) is 36.3 Å².